The summed E-state index contributed by atoms with van der Waals surface area (Å²) in [6.45, 7) is 2.26. The standard InChI is InChI=1S/C18H18ClN3O3S3/c1-11-20-13-6-5-12(10-15(13)26-11)21-18(23)14-4-2-3-9-22(14)28(24,25)17-8-7-16(19)27-17/h5-8,10,14H,2-4,9H2,1H3,(H,21,23). The van der Waals surface area contributed by atoms with Gasteiger partial charge in [-0.05, 0) is 50.1 Å². The van der Waals surface area contributed by atoms with Crippen molar-refractivity contribution < 1.29 is 13.2 Å². The lowest BCUT2D eigenvalue weighted by atomic mass is 10.0. The number of aromatic nitrogens is 1. The van der Waals surface area contributed by atoms with Crippen molar-refractivity contribution in [2.45, 2.75) is 36.4 Å². The van der Waals surface area contributed by atoms with Crippen LogP contribution >= 0.6 is 34.3 Å². The van der Waals surface area contributed by atoms with Gasteiger partial charge in [-0.15, -0.1) is 22.7 Å². The molecule has 1 fully saturated rings. The second-order valence-electron chi connectivity index (χ2n) is 6.59. The van der Waals surface area contributed by atoms with E-state index < -0.39 is 16.1 Å². The fraction of sp³-hybridized carbons (Fsp3) is 0.333. The molecule has 4 rings (SSSR count). The van der Waals surface area contributed by atoms with Gasteiger partial charge in [-0.25, -0.2) is 13.4 Å². The number of benzene rings is 1. The second kappa shape index (κ2) is 7.72. The van der Waals surface area contributed by atoms with Gasteiger partial charge in [-0.2, -0.15) is 4.31 Å². The number of thiazole rings is 1. The Hall–Kier alpha value is -1.52. The molecule has 0 radical (unpaired) electrons. The van der Waals surface area contributed by atoms with Crippen LogP contribution in [0.3, 0.4) is 0 Å². The van der Waals surface area contributed by atoms with Gasteiger partial charge >= 0.3 is 0 Å². The molecular weight excluding hydrogens is 438 g/mol. The molecule has 0 saturated carbocycles. The molecule has 0 aliphatic carbocycles. The molecule has 1 aromatic carbocycles. The van der Waals surface area contributed by atoms with Gasteiger partial charge in [-0.3, -0.25) is 4.79 Å². The van der Waals surface area contributed by atoms with Crippen molar-refractivity contribution in [3.63, 3.8) is 0 Å². The van der Waals surface area contributed by atoms with Crippen molar-refractivity contribution in [1.29, 1.82) is 0 Å². The molecule has 1 aliphatic rings. The number of anilines is 1. The van der Waals surface area contributed by atoms with Crippen LogP contribution in [0.1, 0.15) is 24.3 Å². The molecule has 28 heavy (non-hydrogen) atoms. The summed E-state index contributed by atoms with van der Waals surface area (Å²) in [5.74, 6) is -0.313. The van der Waals surface area contributed by atoms with Gasteiger partial charge in [0.15, 0.2) is 0 Å². The van der Waals surface area contributed by atoms with Gasteiger partial charge in [-0.1, -0.05) is 18.0 Å². The number of aryl methyl sites for hydroxylation is 1. The predicted octanol–water partition coefficient (Wildman–Crippen LogP) is 4.50. The average Bonchev–Trinajstić information content (AvgIpc) is 3.26. The van der Waals surface area contributed by atoms with Gasteiger partial charge < -0.3 is 5.32 Å². The zero-order valence-electron chi connectivity index (χ0n) is 15.0. The van der Waals surface area contributed by atoms with Crippen LogP contribution in [0, 0.1) is 6.92 Å². The highest BCUT2D eigenvalue weighted by atomic mass is 35.5. The fourth-order valence-corrected chi connectivity index (χ4v) is 7.48. The molecule has 1 N–H and O–H groups in total. The van der Waals surface area contributed by atoms with Gasteiger partial charge in [0, 0.05) is 12.2 Å². The number of amides is 1. The van der Waals surface area contributed by atoms with E-state index in [1.165, 1.54) is 10.4 Å². The average molecular weight is 456 g/mol. The molecule has 148 valence electrons. The Kier molecular flexibility index (Phi) is 5.45. The van der Waals surface area contributed by atoms with Gasteiger partial charge in [0.25, 0.3) is 10.0 Å². The third kappa shape index (κ3) is 3.81. The first-order valence-electron chi connectivity index (χ1n) is 8.80. The number of hydrogen-bond donors (Lipinski definition) is 1. The van der Waals surface area contributed by atoms with E-state index in [0.29, 0.717) is 23.0 Å². The van der Waals surface area contributed by atoms with Crippen LogP contribution in [0.5, 0.6) is 0 Å². The molecular formula is C18H18ClN3O3S3. The molecule has 0 bridgehead atoms. The summed E-state index contributed by atoms with van der Waals surface area (Å²) in [6.07, 6.45) is 2.03. The number of nitrogens with one attached hydrogen (secondary N) is 1. The van der Waals surface area contributed by atoms with E-state index in [9.17, 15) is 13.2 Å². The van der Waals surface area contributed by atoms with Crippen molar-refractivity contribution in [2.24, 2.45) is 0 Å². The van der Waals surface area contributed by atoms with Crippen molar-refractivity contribution in [2.75, 3.05) is 11.9 Å². The minimum absolute atomic E-state index is 0.166. The SMILES string of the molecule is Cc1nc2ccc(NC(=O)C3CCCCN3S(=O)(=O)c3ccc(Cl)s3)cc2s1. The molecule has 1 amide bonds. The summed E-state index contributed by atoms with van der Waals surface area (Å²) in [5, 5.41) is 3.84. The molecule has 6 nitrogen and oxygen atoms in total. The molecule has 1 saturated heterocycles. The number of carbonyl (C=O) groups is 1. The van der Waals surface area contributed by atoms with Crippen LogP contribution in [0.15, 0.2) is 34.5 Å². The minimum Gasteiger partial charge on any atom is -0.325 e. The van der Waals surface area contributed by atoms with E-state index >= 15 is 0 Å². The molecule has 2 aromatic heterocycles. The van der Waals surface area contributed by atoms with E-state index in [-0.39, 0.29) is 10.1 Å². The number of halogens is 1. The first-order valence-corrected chi connectivity index (χ1v) is 12.2. The smallest absolute Gasteiger partial charge is 0.253 e. The number of rotatable bonds is 4. The lowest BCUT2D eigenvalue weighted by Gasteiger charge is -2.33. The predicted molar refractivity (Wildman–Crippen MR) is 114 cm³/mol. The molecule has 3 heterocycles. The van der Waals surface area contributed by atoms with Crippen LogP contribution in [0.2, 0.25) is 4.34 Å². The van der Waals surface area contributed by atoms with Crippen LogP contribution in [0.25, 0.3) is 10.2 Å². The third-order valence-electron chi connectivity index (χ3n) is 4.63. The molecule has 3 aromatic rings. The summed E-state index contributed by atoms with van der Waals surface area (Å²) in [7, 11) is -3.76. The summed E-state index contributed by atoms with van der Waals surface area (Å²) in [4.78, 5) is 17.4. The Morgan fingerprint density at radius 2 is 2.07 bits per heavy atom. The van der Waals surface area contributed by atoms with Gasteiger partial charge in [0.2, 0.25) is 5.91 Å². The first kappa shape index (κ1) is 19.8. The minimum atomic E-state index is -3.76. The number of fused-ring (bicyclic) bond motifs is 1. The monoisotopic (exact) mass is 455 g/mol. The number of nitrogens with zero attached hydrogens (tertiary/aromatic N) is 2. The van der Waals surface area contributed by atoms with Crippen LogP contribution in [-0.2, 0) is 14.8 Å². The van der Waals surface area contributed by atoms with Crippen LogP contribution in [-0.4, -0.2) is 36.2 Å². The van der Waals surface area contributed by atoms with E-state index in [1.54, 1.807) is 23.5 Å². The maximum atomic E-state index is 13.0. The Morgan fingerprint density at radius 3 is 2.82 bits per heavy atom. The van der Waals surface area contributed by atoms with E-state index in [4.69, 9.17) is 11.6 Å². The van der Waals surface area contributed by atoms with E-state index in [1.807, 2.05) is 19.1 Å². The summed E-state index contributed by atoms with van der Waals surface area (Å²) < 4.78 is 28.9. The largest absolute Gasteiger partial charge is 0.325 e. The van der Waals surface area contributed by atoms with Crippen molar-refractivity contribution in [3.05, 3.63) is 39.7 Å². The highest BCUT2D eigenvalue weighted by molar-refractivity contribution is 7.91. The molecule has 1 atom stereocenters. The highest BCUT2D eigenvalue weighted by Crippen LogP contribution is 2.32. The summed E-state index contributed by atoms with van der Waals surface area (Å²) in [6, 6.07) is 7.84. The van der Waals surface area contributed by atoms with Gasteiger partial charge in [0.05, 0.1) is 19.6 Å². The van der Waals surface area contributed by atoms with Crippen molar-refractivity contribution in [3.8, 4) is 0 Å². The lowest BCUT2D eigenvalue weighted by Crippen LogP contribution is -2.49. The lowest BCUT2D eigenvalue weighted by molar-refractivity contribution is -0.120. The zero-order chi connectivity index (χ0) is 19.9. The van der Waals surface area contributed by atoms with Crippen LogP contribution < -0.4 is 5.32 Å². The Morgan fingerprint density at radius 1 is 1.25 bits per heavy atom. The van der Waals surface area contributed by atoms with E-state index in [0.717, 1.165) is 39.4 Å². The van der Waals surface area contributed by atoms with Crippen molar-refractivity contribution in [1.82, 2.24) is 9.29 Å². The van der Waals surface area contributed by atoms with Crippen LogP contribution in [0.4, 0.5) is 5.69 Å². The van der Waals surface area contributed by atoms with Crippen molar-refractivity contribution >= 4 is 66.1 Å². The summed E-state index contributed by atoms with van der Waals surface area (Å²) in [5.41, 5.74) is 1.53. The Labute approximate surface area is 176 Å². The molecule has 1 aliphatic heterocycles. The number of thiophene rings is 1. The number of carbonyl (C=O) groups excluding carboxylic acids is 1. The quantitative estimate of drug-likeness (QED) is 0.628. The summed E-state index contributed by atoms with van der Waals surface area (Å²) >= 11 is 8.48. The topological polar surface area (TPSA) is 79.4 Å². The Balaban J connectivity index is 1.58. The molecule has 1 unspecified atom stereocenters. The maximum Gasteiger partial charge on any atom is 0.253 e. The third-order valence-corrected chi connectivity index (χ3v) is 9.17. The number of sulfonamides is 1. The fourth-order valence-electron chi connectivity index (χ4n) is 3.35. The van der Waals surface area contributed by atoms with E-state index in [2.05, 4.69) is 10.3 Å². The number of piperidine rings is 1. The first-order chi connectivity index (χ1) is 13.3. The maximum absolute atomic E-state index is 13.0. The molecule has 10 heteroatoms. The Bertz CT molecular complexity index is 1140. The normalized spacial score (nSPS) is 18.4. The zero-order valence-corrected chi connectivity index (χ0v) is 18.2. The number of hydrogen-bond acceptors (Lipinski definition) is 6. The molecule has 0 spiro atoms. The van der Waals surface area contributed by atoms with Gasteiger partial charge in [0.1, 0.15) is 10.3 Å². The second-order valence-corrected chi connectivity index (χ2v) is 11.7. The highest BCUT2D eigenvalue weighted by Gasteiger charge is 2.38.